The molecule has 2 heterocycles. The number of hydrogen-bond acceptors (Lipinski definition) is 7. The molecule has 40 heavy (non-hydrogen) atoms. The largest absolute Gasteiger partial charge is 0.496 e. The second-order valence-electron chi connectivity index (χ2n) is 9.96. The number of fused-ring (bicyclic) bond motifs is 1. The summed E-state index contributed by atoms with van der Waals surface area (Å²) in [5, 5.41) is 10.8. The molecule has 9 heteroatoms. The normalized spacial score (nSPS) is 16.9. The number of aromatic nitrogens is 1. The van der Waals surface area contributed by atoms with Crippen molar-refractivity contribution in [3.63, 3.8) is 0 Å². The van der Waals surface area contributed by atoms with E-state index in [4.69, 9.17) is 9.47 Å². The van der Waals surface area contributed by atoms with Gasteiger partial charge < -0.3 is 30.3 Å². The van der Waals surface area contributed by atoms with Crippen molar-refractivity contribution in [1.29, 1.82) is 0 Å². The standard InChI is InChI=1S/C31H33N5O4/c1-19-17-36(18-20(2)34-19)22-8-10-27(28(15-22)39-4)31(38)35-29-16-24(12-13-33-29)40-23-9-11-25-21(14-23)6-5-7-26(25)30(37)32-3/h5-16,19-20,34H,17-18H2,1-4H3,(H,32,37)(H,33,35,38)/t19-,20+. The lowest BCUT2D eigenvalue weighted by molar-refractivity contribution is 0.0963. The van der Waals surface area contributed by atoms with E-state index in [9.17, 15) is 9.59 Å². The minimum Gasteiger partial charge on any atom is -0.496 e. The molecular formula is C31H33N5O4. The van der Waals surface area contributed by atoms with Gasteiger partial charge in [-0.1, -0.05) is 12.1 Å². The van der Waals surface area contributed by atoms with E-state index in [1.165, 1.54) is 0 Å². The number of amides is 2. The third kappa shape index (κ3) is 5.84. The number of anilines is 2. The van der Waals surface area contributed by atoms with Gasteiger partial charge in [0, 0.05) is 61.8 Å². The van der Waals surface area contributed by atoms with Gasteiger partial charge in [0.1, 0.15) is 23.1 Å². The molecule has 0 bridgehead atoms. The van der Waals surface area contributed by atoms with Crippen molar-refractivity contribution >= 4 is 34.1 Å². The molecule has 4 aromatic rings. The highest BCUT2D eigenvalue weighted by molar-refractivity contribution is 6.07. The molecule has 2 atom stereocenters. The summed E-state index contributed by atoms with van der Waals surface area (Å²) in [7, 11) is 3.17. The van der Waals surface area contributed by atoms with Crippen molar-refractivity contribution in [3.8, 4) is 17.2 Å². The lowest BCUT2D eigenvalue weighted by atomic mass is 10.0. The first-order valence-electron chi connectivity index (χ1n) is 13.2. The molecule has 3 N–H and O–H groups in total. The Morgan fingerprint density at radius 1 is 0.925 bits per heavy atom. The van der Waals surface area contributed by atoms with Crippen molar-refractivity contribution in [2.24, 2.45) is 0 Å². The van der Waals surface area contributed by atoms with Crippen LogP contribution in [0.5, 0.6) is 17.2 Å². The van der Waals surface area contributed by atoms with Crippen molar-refractivity contribution in [3.05, 3.63) is 84.1 Å². The molecule has 2 amide bonds. The Bertz CT molecular complexity index is 1550. The number of pyridine rings is 1. The van der Waals surface area contributed by atoms with Gasteiger partial charge in [-0.15, -0.1) is 0 Å². The number of hydrogen-bond donors (Lipinski definition) is 3. The SMILES string of the molecule is CNC(=O)c1cccc2cc(Oc3ccnc(NC(=O)c4ccc(N5C[C@@H](C)N[C@@H](C)C5)cc4OC)c3)ccc12. The summed E-state index contributed by atoms with van der Waals surface area (Å²) in [6.45, 7) is 6.08. The average molecular weight is 540 g/mol. The Hall–Kier alpha value is -4.63. The number of ether oxygens (including phenoxy) is 2. The van der Waals surface area contributed by atoms with Gasteiger partial charge in [0.15, 0.2) is 0 Å². The van der Waals surface area contributed by atoms with Crippen LogP contribution in [0.25, 0.3) is 10.8 Å². The maximum absolute atomic E-state index is 13.2. The van der Waals surface area contributed by atoms with E-state index < -0.39 is 0 Å². The van der Waals surface area contributed by atoms with Crippen LogP contribution in [0.4, 0.5) is 11.5 Å². The summed E-state index contributed by atoms with van der Waals surface area (Å²) in [4.78, 5) is 32.0. The zero-order valence-corrected chi connectivity index (χ0v) is 23.0. The van der Waals surface area contributed by atoms with Gasteiger partial charge in [-0.05, 0) is 67.1 Å². The predicted octanol–water partition coefficient (Wildman–Crippen LogP) is 4.83. The summed E-state index contributed by atoms with van der Waals surface area (Å²) in [6, 6.07) is 20.8. The summed E-state index contributed by atoms with van der Waals surface area (Å²) >= 11 is 0. The van der Waals surface area contributed by atoms with E-state index in [0.717, 1.165) is 29.5 Å². The second-order valence-corrected chi connectivity index (χ2v) is 9.96. The molecule has 5 rings (SSSR count). The lowest BCUT2D eigenvalue weighted by Gasteiger charge is -2.37. The van der Waals surface area contributed by atoms with Crippen LogP contribution in [0, 0.1) is 0 Å². The molecular weight excluding hydrogens is 506 g/mol. The Labute approximate surface area is 233 Å². The van der Waals surface area contributed by atoms with Crippen molar-refractivity contribution in [2.45, 2.75) is 25.9 Å². The monoisotopic (exact) mass is 539 g/mol. The predicted molar refractivity (Wildman–Crippen MR) is 157 cm³/mol. The zero-order chi connectivity index (χ0) is 28.2. The van der Waals surface area contributed by atoms with Crippen LogP contribution in [0.2, 0.25) is 0 Å². The molecule has 9 nitrogen and oxygen atoms in total. The van der Waals surface area contributed by atoms with Crippen molar-refractivity contribution < 1.29 is 19.1 Å². The average Bonchev–Trinajstić information content (AvgIpc) is 2.95. The van der Waals surface area contributed by atoms with Crippen molar-refractivity contribution in [2.75, 3.05) is 37.5 Å². The van der Waals surface area contributed by atoms with E-state index in [2.05, 4.69) is 39.7 Å². The molecule has 0 saturated carbocycles. The van der Waals surface area contributed by atoms with Crippen LogP contribution in [-0.2, 0) is 0 Å². The van der Waals surface area contributed by atoms with Gasteiger partial charge in [-0.3, -0.25) is 9.59 Å². The molecule has 1 saturated heterocycles. The number of carbonyl (C=O) groups is 2. The van der Waals surface area contributed by atoms with Gasteiger partial charge in [-0.25, -0.2) is 4.98 Å². The van der Waals surface area contributed by atoms with E-state index in [1.807, 2.05) is 36.4 Å². The van der Waals surface area contributed by atoms with Gasteiger partial charge in [0.05, 0.1) is 12.7 Å². The van der Waals surface area contributed by atoms with Gasteiger partial charge >= 0.3 is 0 Å². The van der Waals surface area contributed by atoms with Crippen LogP contribution in [-0.4, -0.2) is 56.1 Å². The van der Waals surface area contributed by atoms with Crippen LogP contribution in [0.3, 0.4) is 0 Å². The van der Waals surface area contributed by atoms with Gasteiger partial charge in [0.2, 0.25) is 0 Å². The zero-order valence-electron chi connectivity index (χ0n) is 23.0. The first-order valence-corrected chi connectivity index (χ1v) is 13.2. The summed E-state index contributed by atoms with van der Waals surface area (Å²) in [5.41, 5.74) is 2.03. The topological polar surface area (TPSA) is 105 Å². The van der Waals surface area contributed by atoms with Crippen LogP contribution >= 0.6 is 0 Å². The highest BCUT2D eigenvalue weighted by Gasteiger charge is 2.23. The third-order valence-corrected chi connectivity index (χ3v) is 6.88. The number of piperazine rings is 1. The minimum atomic E-state index is -0.331. The molecule has 0 radical (unpaired) electrons. The Balaban J connectivity index is 1.31. The first kappa shape index (κ1) is 27.0. The highest BCUT2D eigenvalue weighted by atomic mass is 16.5. The van der Waals surface area contributed by atoms with Gasteiger partial charge in [-0.2, -0.15) is 0 Å². The fourth-order valence-corrected chi connectivity index (χ4v) is 5.12. The molecule has 0 spiro atoms. The molecule has 0 unspecified atom stereocenters. The quantitative estimate of drug-likeness (QED) is 0.309. The molecule has 1 aliphatic heterocycles. The maximum Gasteiger partial charge on any atom is 0.260 e. The number of nitrogens with zero attached hydrogens (tertiary/aromatic N) is 2. The van der Waals surface area contributed by atoms with Crippen molar-refractivity contribution in [1.82, 2.24) is 15.6 Å². The van der Waals surface area contributed by atoms with Crippen LogP contribution in [0.1, 0.15) is 34.6 Å². The Morgan fingerprint density at radius 3 is 2.45 bits per heavy atom. The molecule has 0 aliphatic carbocycles. The Morgan fingerprint density at radius 2 is 1.70 bits per heavy atom. The second kappa shape index (κ2) is 11.6. The van der Waals surface area contributed by atoms with E-state index in [-0.39, 0.29) is 11.8 Å². The number of rotatable bonds is 7. The van der Waals surface area contributed by atoms with Gasteiger partial charge in [0.25, 0.3) is 11.8 Å². The third-order valence-electron chi connectivity index (χ3n) is 6.88. The van der Waals surface area contributed by atoms with Crippen LogP contribution < -0.4 is 30.3 Å². The van der Waals surface area contributed by atoms with E-state index in [1.54, 1.807) is 50.7 Å². The summed E-state index contributed by atoms with van der Waals surface area (Å²) < 4.78 is 11.6. The molecule has 1 aromatic heterocycles. The van der Waals surface area contributed by atoms with Crippen LogP contribution in [0.15, 0.2) is 72.9 Å². The molecule has 1 fully saturated rings. The number of benzene rings is 3. The van der Waals surface area contributed by atoms with E-state index in [0.29, 0.717) is 46.3 Å². The summed E-state index contributed by atoms with van der Waals surface area (Å²) in [5.74, 6) is 1.47. The summed E-state index contributed by atoms with van der Waals surface area (Å²) in [6.07, 6.45) is 1.57. The molecule has 3 aromatic carbocycles. The lowest BCUT2D eigenvalue weighted by Crippen LogP contribution is -2.54. The minimum absolute atomic E-state index is 0.145. The molecule has 206 valence electrons. The number of methoxy groups -OCH3 is 1. The first-order chi connectivity index (χ1) is 19.3. The maximum atomic E-state index is 13.2. The number of carbonyl (C=O) groups excluding carboxylic acids is 2. The fraction of sp³-hybridized carbons (Fsp3) is 0.258. The smallest absolute Gasteiger partial charge is 0.260 e. The van der Waals surface area contributed by atoms with E-state index >= 15 is 0 Å². The fourth-order valence-electron chi connectivity index (χ4n) is 5.12. The number of nitrogens with one attached hydrogen (secondary N) is 3. The molecule has 1 aliphatic rings. The Kier molecular flexibility index (Phi) is 7.84. The highest BCUT2D eigenvalue weighted by Crippen LogP contribution is 2.30.